The molecule has 6 nitrogen and oxygen atoms in total. The number of aryl methyl sites for hydroxylation is 1. The Morgan fingerprint density at radius 3 is 2.50 bits per heavy atom. The van der Waals surface area contributed by atoms with Gasteiger partial charge in [0.1, 0.15) is 0 Å². The Kier molecular flexibility index (Phi) is 7.10. The molecule has 1 atom stereocenters. The Bertz CT molecular complexity index is 938. The van der Waals surface area contributed by atoms with Crippen LogP contribution in [0.25, 0.3) is 0 Å². The minimum absolute atomic E-state index is 0.0655. The molecule has 32 heavy (non-hydrogen) atoms. The van der Waals surface area contributed by atoms with E-state index in [-0.39, 0.29) is 17.7 Å². The Morgan fingerprint density at radius 2 is 1.81 bits per heavy atom. The Balaban J connectivity index is 1.31. The maximum absolute atomic E-state index is 12.8. The molecule has 0 saturated carbocycles. The van der Waals surface area contributed by atoms with Crippen molar-refractivity contribution >= 4 is 23.2 Å². The van der Waals surface area contributed by atoms with E-state index in [1.54, 1.807) is 0 Å². The van der Waals surface area contributed by atoms with E-state index in [1.165, 1.54) is 16.8 Å². The fourth-order valence-corrected chi connectivity index (χ4v) is 4.71. The lowest BCUT2D eigenvalue weighted by Crippen LogP contribution is -2.46. The van der Waals surface area contributed by atoms with Gasteiger partial charge in [-0.05, 0) is 49.2 Å². The van der Waals surface area contributed by atoms with Gasteiger partial charge in [-0.25, -0.2) is 0 Å². The van der Waals surface area contributed by atoms with E-state index in [2.05, 4.69) is 47.2 Å². The molecule has 0 bridgehead atoms. The summed E-state index contributed by atoms with van der Waals surface area (Å²) < 4.78 is 0. The van der Waals surface area contributed by atoms with Gasteiger partial charge in [-0.15, -0.1) is 0 Å². The molecule has 2 aliphatic heterocycles. The molecule has 2 saturated heterocycles. The van der Waals surface area contributed by atoms with Gasteiger partial charge in [0, 0.05) is 57.1 Å². The summed E-state index contributed by atoms with van der Waals surface area (Å²) in [5.41, 5.74) is 4.42. The number of nitrogens with zero attached hydrogens (tertiary/aromatic N) is 3. The van der Waals surface area contributed by atoms with Gasteiger partial charge in [0.2, 0.25) is 11.8 Å². The number of likely N-dealkylation sites (tertiary alicyclic amines) is 1. The standard InChI is InChI=1S/C26H34N4O2/c1-3-28-13-15-29(16-14-28)24-10-9-23(17-20(24)2)27-26(32)22-18-25(31)30(19-22)12-11-21-7-5-4-6-8-21/h4-10,17,22H,3,11-16,18-19H2,1-2H3,(H,27,32)/t22-/m1/s1. The highest BCUT2D eigenvalue weighted by Crippen LogP contribution is 2.26. The van der Waals surface area contributed by atoms with Crippen molar-refractivity contribution in [1.82, 2.24) is 9.80 Å². The third kappa shape index (κ3) is 5.30. The second kappa shape index (κ2) is 10.2. The van der Waals surface area contributed by atoms with Gasteiger partial charge in [0.15, 0.2) is 0 Å². The van der Waals surface area contributed by atoms with Crippen molar-refractivity contribution in [2.75, 3.05) is 56.0 Å². The summed E-state index contributed by atoms with van der Waals surface area (Å²) in [6, 6.07) is 16.3. The molecule has 0 aliphatic carbocycles. The van der Waals surface area contributed by atoms with Crippen molar-refractivity contribution in [3.8, 4) is 0 Å². The van der Waals surface area contributed by atoms with Crippen LogP contribution in [0.1, 0.15) is 24.5 Å². The van der Waals surface area contributed by atoms with Crippen LogP contribution in [0.4, 0.5) is 11.4 Å². The van der Waals surface area contributed by atoms with E-state index >= 15 is 0 Å². The first kappa shape index (κ1) is 22.3. The fourth-order valence-electron chi connectivity index (χ4n) is 4.71. The first-order valence-corrected chi connectivity index (χ1v) is 11.7. The molecule has 170 valence electrons. The number of piperazine rings is 1. The third-order valence-electron chi connectivity index (χ3n) is 6.72. The number of rotatable bonds is 7. The zero-order chi connectivity index (χ0) is 22.5. The highest BCUT2D eigenvalue weighted by atomic mass is 16.2. The van der Waals surface area contributed by atoms with Crippen molar-refractivity contribution < 1.29 is 9.59 Å². The minimum Gasteiger partial charge on any atom is -0.369 e. The molecule has 0 radical (unpaired) electrons. The number of nitrogens with one attached hydrogen (secondary N) is 1. The predicted molar refractivity (Wildman–Crippen MR) is 129 cm³/mol. The fraction of sp³-hybridized carbons (Fsp3) is 0.462. The summed E-state index contributed by atoms with van der Waals surface area (Å²) in [6.07, 6.45) is 1.10. The maximum Gasteiger partial charge on any atom is 0.229 e. The van der Waals surface area contributed by atoms with Crippen LogP contribution >= 0.6 is 0 Å². The normalized spacial score (nSPS) is 19.4. The number of hydrogen-bond donors (Lipinski definition) is 1. The topological polar surface area (TPSA) is 55.9 Å². The molecule has 1 N–H and O–H groups in total. The molecular formula is C26H34N4O2. The summed E-state index contributed by atoms with van der Waals surface area (Å²) in [6.45, 7) is 10.8. The van der Waals surface area contributed by atoms with Crippen LogP contribution in [0.15, 0.2) is 48.5 Å². The minimum atomic E-state index is -0.291. The molecule has 2 fully saturated rings. The van der Waals surface area contributed by atoms with Crippen molar-refractivity contribution in [3.63, 3.8) is 0 Å². The van der Waals surface area contributed by atoms with Crippen molar-refractivity contribution in [1.29, 1.82) is 0 Å². The number of anilines is 2. The second-order valence-corrected chi connectivity index (χ2v) is 8.89. The lowest BCUT2D eigenvalue weighted by atomic mass is 10.1. The van der Waals surface area contributed by atoms with Gasteiger partial charge in [-0.2, -0.15) is 0 Å². The largest absolute Gasteiger partial charge is 0.369 e. The van der Waals surface area contributed by atoms with Crippen LogP contribution in [-0.2, 0) is 16.0 Å². The summed E-state index contributed by atoms with van der Waals surface area (Å²) in [7, 11) is 0. The SMILES string of the molecule is CCN1CCN(c2ccc(NC(=O)[C@@H]3CC(=O)N(CCc4ccccc4)C3)cc2C)CC1. The first-order chi connectivity index (χ1) is 15.5. The Morgan fingerprint density at radius 1 is 1.06 bits per heavy atom. The quantitative estimate of drug-likeness (QED) is 0.727. The summed E-state index contributed by atoms with van der Waals surface area (Å²) >= 11 is 0. The second-order valence-electron chi connectivity index (χ2n) is 8.89. The van der Waals surface area contributed by atoms with Gasteiger partial charge in [0.05, 0.1) is 5.92 Å². The van der Waals surface area contributed by atoms with Crippen LogP contribution in [0, 0.1) is 12.8 Å². The number of benzene rings is 2. The summed E-state index contributed by atoms with van der Waals surface area (Å²) in [5.74, 6) is -0.288. The predicted octanol–water partition coefficient (Wildman–Crippen LogP) is 3.17. The molecule has 0 unspecified atom stereocenters. The zero-order valence-electron chi connectivity index (χ0n) is 19.2. The van der Waals surface area contributed by atoms with Crippen molar-refractivity contribution in [2.24, 2.45) is 5.92 Å². The van der Waals surface area contributed by atoms with E-state index in [4.69, 9.17) is 0 Å². The van der Waals surface area contributed by atoms with Gasteiger partial charge in [-0.3, -0.25) is 9.59 Å². The smallest absolute Gasteiger partial charge is 0.229 e. The van der Waals surface area contributed by atoms with E-state index in [0.29, 0.717) is 19.5 Å². The van der Waals surface area contributed by atoms with Crippen molar-refractivity contribution in [2.45, 2.75) is 26.7 Å². The molecule has 2 aromatic carbocycles. The van der Waals surface area contributed by atoms with Gasteiger partial charge in [0.25, 0.3) is 0 Å². The van der Waals surface area contributed by atoms with E-state index < -0.39 is 0 Å². The molecular weight excluding hydrogens is 400 g/mol. The highest BCUT2D eigenvalue weighted by molar-refractivity contribution is 5.97. The van der Waals surface area contributed by atoms with E-state index in [9.17, 15) is 9.59 Å². The number of carbonyl (C=O) groups is 2. The molecule has 0 spiro atoms. The van der Waals surface area contributed by atoms with Crippen LogP contribution in [0.3, 0.4) is 0 Å². The summed E-state index contributed by atoms with van der Waals surface area (Å²) in [5, 5.41) is 3.04. The molecule has 2 heterocycles. The first-order valence-electron chi connectivity index (χ1n) is 11.7. The lowest BCUT2D eigenvalue weighted by molar-refractivity contribution is -0.128. The molecule has 6 heteroatoms. The van der Waals surface area contributed by atoms with Crippen LogP contribution in [-0.4, -0.2) is 67.4 Å². The molecule has 2 aliphatic rings. The van der Waals surface area contributed by atoms with E-state index in [1.807, 2.05) is 35.2 Å². The van der Waals surface area contributed by atoms with E-state index in [0.717, 1.165) is 44.8 Å². The Labute approximate surface area is 191 Å². The number of carbonyl (C=O) groups excluding carboxylic acids is 2. The monoisotopic (exact) mass is 434 g/mol. The van der Waals surface area contributed by atoms with Crippen LogP contribution < -0.4 is 10.2 Å². The number of amides is 2. The molecule has 2 aromatic rings. The summed E-state index contributed by atoms with van der Waals surface area (Å²) in [4.78, 5) is 32.0. The molecule has 0 aromatic heterocycles. The molecule has 4 rings (SSSR count). The maximum atomic E-state index is 12.8. The average Bonchev–Trinajstić information content (AvgIpc) is 3.19. The lowest BCUT2D eigenvalue weighted by Gasteiger charge is -2.36. The highest BCUT2D eigenvalue weighted by Gasteiger charge is 2.34. The van der Waals surface area contributed by atoms with Gasteiger partial charge in [-0.1, -0.05) is 37.3 Å². The van der Waals surface area contributed by atoms with Crippen molar-refractivity contribution in [3.05, 3.63) is 59.7 Å². The number of hydrogen-bond acceptors (Lipinski definition) is 4. The Hall–Kier alpha value is -2.86. The third-order valence-corrected chi connectivity index (χ3v) is 6.72. The molecule has 2 amide bonds. The van der Waals surface area contributed by atoms with Crippen LogP contribution in [0.2, 0.25) is 0 Å². The van der Waals surface area contributed by atoms with Crippen LogP contribution in [0.5, 0.6) is 0 Å². The van der Waals surface area contributed by atoms with Gasteiger partial charge >= 0.3 is 0 Å². The average molecular weight is 435 g/mol. The number of likely N-dealkylation sites (N-methyl/N-ethyl adjacent to an activating group) is 1. The zero-order valence-corrected chi connectivity index (χ0v) is 19.2. The van der Waals surface area contributed by atoms with Gasteiger partial charge < -0.3 is 20.0 Å².